The number of nitrogens with zero attached hydrogens (tertiary/aromatic N) is 1. The van der Waals surface area contributed by atoms with Gasteiger partial charge in [-0.2, -0.15) is 0 Å². The van der Waals surface area contributed by atoms with Gasteiger partial charge in [0.25, 0.3) is 0 Å². The molecule has 0 saturated carbocycles. The number of phenols is 1. The molecule has 1 fully saturated rings. The van der Waals surface area contributed by atoms with Gasteiger partial charge in [0.2, 0.25) is 0 Å². The van der Waals surface area contributed by atoms with Crippen LogP contribution in [0.2, 0.25) is 0 Å². The first-order valence-electron chi connectivity index (χ1n) is 5.60. The average Bonchev–Trinajstić information content (AvgIpc) is 2.74. The van der Waals surface area contributed by atoms with Crippen LogP contribution < -0.4 is 5.32 Å². The van der Waals surface area contributed by atoms with Gasteiger partial charge in [0.15, 0.2) is 0 Å². The van der Waals surface area contributed by atoms with E-state index in [1.54, 1.807) is 12.1 Å². The summed E-state index contributed by atoms with van der Waals surface area (Å²) in [5, 5.41) is 12.5. The molecule has 0 radical (unpaired) electrons. The second-order valence-electron chi connectivity index (χ2n) is 4.02. The van der Waals surface area contributed by atoms with Gasteiger partial charge in [-0.25, -0.2) is 0 Å². The van der Waals surface area contributed by atoms with Gasteiger partial charge in [-0.15, -0.1) is 0 Å². The molecule has 3 nitrogen and oxygen atoms in total. The summed E-state index contributed by atoms with van der Waals surface area (Å²) in [4.78, 5) is 2.48. The van der Waals surface area contributed by atoms with E-state index in [1.165, 1.54) is 25.9 Å². The third-order valence-electron chi connectivity index (χ3n) is 2.82. The summed E-state index contributed by atoms with van der Waals surface area (Å²) in [5.74, 6) is 0.320. The van der Waals surface area contributed by atoms with Gasteiger partial charge in [0.1, 0.15) is 5.75 Å². The number of likely N-dealkylation sites (tertiary alicyclic amines) is 1. The zero-order valence-electron chi connectivity index (χ0n) is 8.95. The molecule has 1 aromatic carbocycles. The molecule has 3 heteroatoms. The summed E-state index contributed by atoms with van der Waals surface area (Å²) in [6.45, 7) is 4.58. The van der Waals surface area contributed by atoms with Crippen molar-refractivity contribution in [3.63, 3.8) is 0 Å². The highest BCUT2D eigenvalue weighted by atomic mass is 16.3. The Morgan fingerprint density at radius 3 is 2.47 bits per heavy atom. The van der Waals surface area contributed by atoms with Crippen molar-refractivity contribution in [2.75, 3.05) is 31.5 Å². The van der Waals surface area contributed by atoms with Crippen LogP contribution in [0.5, 0.6) is 5.75 Å². The Hall–Kier alpha value is -1.22. The highest BCUT2D eigenvalue weighted by Gasteiger charge is 2.09. The van der Waals surface area contributed by atoms with Crippen LogP contribution in [0.3, 0.4) is 0 Å². The summed E-state index contributed by atoms with van der Waals surface area (Å²) >= 11 is 0. The molecule has 1 aliphatic rings. The van der Waals surface area contributed by atoms with E-state index in [2.05, 4.69) is 10.2 Å². The van der Waals surface area contributed by atoms with Gasteiger partial charge in [-0.1, -0.05) is 0 Å². The van der Waals surface area contributed by atoms with Crippen molar-refractivity contribution in [3.8, 4) is 5.75 Å². The van der Waals surface area contributed by atoms with Crippen LogP contribution in [-0.4, -0.2) is 36.2 Å². The number of aromatic hydroxyl groups is 1. The quantitative estimate of drug-likeness (QED) is 0.739. The smallest absolute Gasteiger partial charge is 0.115 e. The number of rotatable bonds is 4. The number of benzene rings is 1. The molecule has 2 N–H and O–H groups in total. The van der Waals surface area contributed by atoms with Crippen molar-refractivity contribution in [1.29, 1.82) is 0 Å². The molecule has 0 aromatic heterocycles. The van der Waals surface area contributed by atoms with Crippen molar-refractivity contribution < 1.29 is 5.11 Å². The Morgan fingerprint density at radius 2 is 1.80 bits per heavy atom. The van der Waals surface area contributed by atoms with E-state index >= 15 is 0 Å². The molecule has 0 spiro atoms. The number of hydrogen-bond acceptors (Lipinski definition) is 3. The first-order valence-corrected chi connectivity index (χ1v) is 5.60. The third-order valence-corrected chi connectivity index (χ3v) is 2.82. The summed E-state index contributed by atoms with van der Waals surface area (Å²) in [5.41, 5.74) is 1.08. The number of nitrogens with one attached hydrogen (secondary N) is 1. The van der Waals surface area contributed by atoms with Crippen molar-refractivity contribution in [3.05, 3.63) is 24.3 Å². The van der Waals surface area contributed by atoms with Crippen molar-refractivity contribution in [2.45, 2.75) is 12.8 Å². The van der Waals surface area contributed by atoms with Crippen LogP contribution in [0.15, 0.2) is 24.3 Å². The first kappa shape index (κ1) is 10.3. The molecule has 2 rings (SSSR count). The maximum absolute atomic E-state index is 9.12. The second kappa shape index (κ2) is 5.03. The van der Waals surface area contributed by atoms with E-state index in [9.17, 15) is 0 Å². The molecule has 82 valence electrons. The predicted octanol–water partition coefficient (Wildman–Crippen LogP) is 1.90. The topological polar surface area (TPSA) is 35.5 Å². The molecule has 1 aliphatic heterocycles. The molecule has 15 heavy (non-hydrogen) atoms. The Labute approximate surface area is 90.7 Å². The SMILES string of the molecule is Oc1ccc(NCCN2CCCC2)cc1. The lowest BCUT2D eigenvalue weighted by Gasteiger charge is -2.15. The van der Waals surface area contributed by atoms with Gasteiger partial charge in [0, 0.05) is 18.8 Å². The maximum atomic E-state index is 9.12. The van der Waals surface area contributed by atoms with E-state index in [0.717, 1.165) is 18.8 Å². The molecule has 0 atom stereocenters. The molecular weight excluding hydrogens is 188 g/mol. The number of phenolic OH excluding ortho intramolecular Hbond substituents is 1. The Kier molecular flexibility index (Phi) is 3.45. The Balaban J connectivity index is 1.71. The van der Waals surface area contributed by atoms with Crippen LogP contribution in [0, 0.1) is 0 Å². The third kappa shape index (κ3) is 3.13. The number of anilines is 1. The van der Waals surface area contributed by atoms with Crippen LogP contribution in [0.4, 0.5) is 5.69 Å². The maximum Gasteiger partial charge on any atom is 0.115 e. The predicted molar refractivity (Wildman–Crippen MR) is 62.3 cm³/mol. The van der Waals surface area contributed by atoms with Crippen LogP contribution in [-0.2, 0) is 0 Å². The van der Waals surface area contributed by atoms with Crippen LogP contribution in [0.1, 0.15) is 12.8 Å². The molecule has 1 heterocycles. The minimum Gasteiger partial charge on any atom is -0.508 e. The monoisotopic (exact) mass is 206 g/mol. The lowest BCUT2D eigenvalue weighted by molar-refractivity contribution is 0.352. The fraction of sp³-hybridized carbons (Fsp3) is 0.500. The van der Waals surface area contributed by atoms with Crippen molar-refractivity contribution in [1.82, 2.24) is 4.90 Å². The van der Waals surface area contributed by atoms with Gasteiger partial charge >= 0.3 is 0 Å². The minimum absolute atomic E-state index is 0.320. The second-order valence-corrected chi connectivity index (χ2v) is 4.02. The molecule has 1 aromatic rings. The fourth-order valence-electron chi connectivity index (χ4n) is 1.94. The highest BCUT2D eigenvalue weighted by molar-refractivity contribution is 5.45. The van der Waals surface area contributed by atoms with Gasteiger partial charge in [-0.05, 0) is 50.2 Å². The Morgan fingerprint density at radius 1 is 1.13 bits per heavy atom. The first-order chi connectivity index (χ1) is 7.34. The molecule has 0 unspecified atom stereocenters. The number of hydrogen-bond donors (Lipinski definition) is 2. The van der Waals surface area contributed by atoms with E-state index in [-0.39, 0.29) is 0 Å². The average molecular weight is 206 g/mol. The summed E-state index contributed by atoms with van der Waals surface area (Å²) in [6.07, 6.45) is 2.69. The summed E-state index contributed by atoms with van der Waals surface area (Å²) in [6, 6.07) is 7.22. The van der Waals surface area contributed by atoms with Crippen LogP contribution >= 0.6 is 0 Å². The highest BCUT2D eigenvalue weighted by Crippen LogP contribution is 2.13. The van der Waals surface area contributed by atoms with Gasteiger partial charge in [-0.3, -0.25) is 0 Å². The fourth-order valence-corrected chi connectivity index (χ4v) is 1.94. The largest absolute Gasteiger partial charge is 0.508 e. The molecule has 0 bridgehead atoms. The lowest BCUT2D eigenvalue weighted by atomic mass is 10.3. The molecule has 0 amide bonds. The van der Waals surface area contributed by atoms with Crippen LogP contribution in [0.25, 0.3) is 0 Å². The summed E-state index contributed by atoms with van der Waals surface area (Å²) < 4.78 is 0. The van der Waals surface area contributed by atoms with E-state index in [1.807, 2.05) is 12.1 Å². The lowest BCUT2D eigenvalue weighted by Crippen LogP contribution is -2.25. The molecular formula is C12H18N2O. The molecule has 0 aliphatic carbocycles. The normalized spacial score (nSPS) is 16.8. The summed E-state index contributed by atoms with van der Waals surface area (Å²) in [7, 11) is 0. The van der Waals surface area contributed by atoms with E-state index in [4.69, 9.17) is 5.11 Å². The minimum atomic E-state index is 0.320. The van der Waals surface area contributed by atoms with Gasteiger partial charge < -0.3 is 15.3 Å². The molecule has 1 saturated heterocycles. The Bertz CT molecular complexity index is 291. The van der Waals surface area contributed by atoms with Gasteiger partial charge in [0.05, 0.1) is 0 Å². The standard InChI is InChI=1S/C12H18N2O/c15-12-5-3-11(4-6-12)13-7-10-14-8-1-2-9-14/h3-6,13,15H,1-2,7-10H2. The van der Waals surface area contributed by atoms with Crippen molar-refractivity contribution >= 4 is 5.69 Å². The zero-order chi connectivity index (χ0) is 10.5. The van der Waals surface area contributed by atoms with E-state index < -0.39 is 0 Å². The van der Waals surface area contributed by atoms with E-state index in [0.29, 0.717) is 5.75 Å². The zero-order valence-corrected chi connectivity index (χ0v) is 8.95. The van der Waals surface area contributed by atoms with Crippen molar-refractivity contribution in [2.24, 2.45) is 0 Å².